The van der Waals surface area contributed by atoms with Gasteiger partial charge in [0.05, 0.1) is 10.0 Å². The summed E-state index contributed by atoms with van der Waals surface area (Å²) >= 11 is 13.3. The Kier molecular flexibility index (Phi) is 9.61. The van der Waals surface area contributed by atoms with Crippen molar-refractivity contribution < 1.29 is 29.0 Å². The van der Waals surface area contributed by atoms with Gasteiger partial charge in [-0.3, -0.25) is 14.5 Å². The van der Waals surface area contributed by atoms with Crippen molar-refractivity contribution in [2.45, 2.75) is 25.6 Å². The van der Waals surface area contributed by atoms with E-state index >= 15 is 0 Å². The van der Waals surface area contributed by atoms with Crippen LogP contribution >= 0.6 is 23.2 Å². The molecule has 0 aliphatic carbocycles. The Bertz CT molecular complexity index is 1520. The average Bonchev–Trinajstić information content (AvgIpc) is 3.02. The first kappa shape index (κ1) is 29.4. The number of phenolic OH excluding ortho intramolecular Hbond substituents is 1. The Morgan fingerprint density at radius 2 is 1.62 bits per heavy atom. The van der Waals surface area contributed by atoms with E-state index in [1.54, 1.807) is 42.5 Å². The van der Waals surface area contributed by atoms with Crippen molar-refractivity contribution in [1.29, 1.82) is 0 Å². The maximum absolute atomic E-state index is 13.5. The molecule has 2 N–H and O–H groups in total. The van der Waals surface area contributed by atoms with E-state index in [0.29, 0.717) is 29.9 Å². The highest BCUT2D eigenvalue weighted by molar-refractivity contribution is 6.37. The number of ether oxygens (including phenoxy) is 2. The van der Waals surface area contributed by atoms with Gasteiger partial charge in [-0.25, -0.2) is 10.3 Å². The number of halogens is 2. The summed E-state index contributed by atoms with van der Waals surface area (Å²) in [5.41, 5.74) is 4.42. The summed E-state index contributed by atoms with van der Waals surface area (Å²) < 4.78 is 11.5. The lowest BCUT2D eigenvalue weighted by molar-refractivity contribution is -0.199. The zero-order chi connectivity index (χ0) is 29.5. The summed E-state index contributed by atoms with van der Waals surface area (Å²) in [5.74, 6) is -0.360. The van der Waals surface area contributed by atoms with Crippen LogP contribution in [0.25, 0.3) is 11.1 Å². The minimum absolute atomic E-state index is 0.0912. The van der Waals surface area contributed by atoms with Crippen LogP contribution in [0.4, 0.5) is 5.69 Å². The van der Waals surface area contributed by atoms with Gasteiger partial charge in [0.15, 0.2) is 12.0 Å². The number of hydrogen-bond donors (Lipinski definition) is 2. The molecule has 216 valence electrons. The second kappa shape index (κ2) is 13.7. The normalized spacial score (nSPS) is 14.7. The fourth-order valence-corrected chi connectivity index (χ4v) is 5.03. The molecule has 1 aliphatic heterocycles. The summed E-state index contributed by atoms with van der Waals surface area (Å²) in [5, 5.41) is 10.6. The molecule has 4 aromatic rings. The number of hydroxylamine groups is 1. The van der Waals surface area contributed by atoms with E-state index in [4.69, 9.17) is 37.5 Å². The Balaban J connectivity index is 1.39. The molecule has 0 spiro atoms. The number of phenols is 1. The first-order valence-electron chi connectivity index (χ1n) is 13.4. The SMILES string of the molecule is O=C(CN(C(=O)c1ccccc1)c1cc(Cl)c(Oc2ccc(O)c(-c3ccccc3)c2)c(Cl)c1)NOC1CCCCO1. The number of nitrogens with zero attached hydrogens (tertiary/aromatic N) is 1. The molecule has 8 nitrogen and oxygen atoms in total. The number of carbonyl (C=O) groups is 2. The van der Waals surface area contributed by atoms with E-state index in [1.165, 1.54) is 23.1 Å². The molecular weight excluding hydrogens is 579 g/mol. The van der Waals surface area contributed by atoms with Crippen LogP contribution in [0.5, 0.6) is 17.2 Å². The molecule has 0 saturated carbocycles. The molecule has 1 fully saturated rings. The van der Waals surface area contributed by atoms with Crippen LogP contribution in [0, 0.1) is 0 Å². The van der Waals surface area contributed by atoms with E-state index in [-0.39, 0.29) is 33.8 Å². The average molecular weight is 607 g/mol. The molecule has 2 amide bonds. The Morgan fingerprint density at radius 1 is 0.929 bits per heavy atom. The Morgan fingerprint density at radius 3 is 2.29 bits per heavy atom. The summed E-state index contributed by atoms with van der Waals surface area (Å²) in [6, 6.07) is 25.7. The first-order valence-corrected chi connectivity index (χ1v) is 14.1. The molecule has 1 aliphatic rings. The maximum atomic E-state index is 13.5. The summed E-state index contributed by atoms with van der Waals surface area (Å²) in [4.78, 5) is 33.0. The predicted octanol–water partition coefficient (Wildman–Crippen LogP) is 7.38. The van der Waals surface area contributed by atoms with Crippen LogP contribution in [0.2, 0.25) is 10.0 Å². The van der Waals surface area contributed by atoms with E-state index in [1.807, 2.05) is 30.3 Å². The van der Waals surface area contributed by atoms with Gasteiger partial charge in [-0.15, -0.1) is 0 Å². The van der Waals surface area contributed by atoms with Crippen molar-refractivity contribution in [3.8, 4) is 28.4 Å². The lowest BCUT2D eigenvalue weighted by Gasteiger charge is -2.25. The lowest BCUT2D eigenvalue weighted by Crippen LogP contribution is -2.42. The van der Waals surface area contributed by atoms with Crippen molar-refractivity contribution in [3.05, 3.63) is 107 Å². The third-order valence-corrected chi connectivity index (χ3v) is 7.14. The Labute approximate surface area is 253 Å². The molecule has 0 radical (unpaired) electrons. The largest absolute Gasteiger partial charge is 0.507 e. The molecule has 1 unspecified atom stereocenters. The molecule has 0 aromatic heterocycles. The molecule has 0 bridgehead atoms. The van der Waals surface area contributed by atoms with E-state index in [9.17, 15) is 14.7 Å². The van der Waals surface area contributed by atoms with Gasteiger partial charge in [-0.05, 0) is 60.9 Å². The highest BCUT2D eigenvalue weighted by Gasteiger charge is 2.25. The quantitative estimate of drug-likeness (QED) is 0.193. The second-order valence-electron chi connectivity index (χ2n) is 9.58. The number of benzene rings is 4. The van der Waals surface area contributed by atoms with Crippen LogP contribution in [0.1, 0.15) is 29.6 Å². The Hall–Kier alpha value is -4.08. The van der Waals surface area contributed by atoms with Gasteiger partial charge in [0, 0.05) is 29.8 Å². The molecule has 4 aromatic carbocycles. The molecular formula is C32H28Cl2N2O6. The summed E-state index contributed by atoms with van der Waals surface area (Å²) in [7, 11) is 0. The molecule has 1 heterocycles. The highest BCUT2D eigenvalue weighted by Crippen LogP contribution is 2.42. The molecule has 42 heavy (non-hydrogen) atoms. The van der Waals surface area contributed by atoms with Crippen molar-refractivity contribution >= 4 is 40.7 Å². The molecule has 1 atom stereocenters. The third kappa shape index (κ3) is 7.21. The predicted molar refractivity (Wildman–Crippen MR) is 161 cm³/mol. The smallest absolute Gasteiger partial charge is 0.263 e. The number of rotatable bonds is 9. The van der Waals surface area contributed by atoms with Gasteiger partial charge in [-0.1, -0.05) is 71.7 Å². The second-order valence-corrected chi connectivity index (χ2v) is 10.4. The van der Waals surface area contributed by atoms with E-state index in [2.05, 4.69) is 5.48 Å². The van der Waals surface area contributed by atoms with Gasteiger partial charge in [-0.2, -0.15) is 0 Å². The third-order valence-electron chi connectivity index (χ3n) is 6.58. The van der Waals surface area contributed by atoms with Gasteiger partial charge >= 0.3 is 0 Å². The van der Waals surface area contributed by atoms with Gasteiger partial charge in [0.25, 0.3) is 11.8 Å². The minimum atomic E-state index is -0.557. The van der Waals surface area contributed by atoms with E-state index < -0.39 is 18.1 Å². The number of nitrogens with one attached hydrogen (secondary N) is 1. The number of aromatic hydroxyl groups is 1. The number of carbonyl (C=O) groups excluding carboxylic acids is 2. The summed E-state index contributed by atoms with van der Waals surface area (Å²) in [6.07, 6.45) is 1.99. The molecule has 5 rings (SSSR count). The minimum Gasteiger partial charge on any atom is -0.507 e. The molecule has 10 heteroatoms. The topological polar surface area (TPSA) is 97.3 Å². The standard InChI is InChI=1S/C32H28Cl2N2O6/c33-26-17-23(18-27(34)31(26)41-24-14-15-28(37)25(19-24)21-9-3-1-4-10-21)36(32(39)22-11-5-2-6-12-22)20-29(38)35-42-30-13-7-8-16-40-30/h1-6,9-12,14-15,17-19,30,37H,7-8,13,16,20H2,(H,35,38). The zero-order valence-electron chi connectivity index (χ0n) is 22.5. The lowest BCUT2D eigenvalue weighted by atomic mass is 10.0. The first-order chi connectivity index (χ1) is 20.4. The fourth-order valence-electron chi connectivity index (χ4n) is 4.47. The monoisotopic (exact) mass is 606 g/mol. The van der Waals surface area contributed by atoms with Crippen molar-refractivity contribution in [3.63, 3.8) is 0 Å². The van der Waals surface area contributed by atoms with Crippen molar-refractivity contribution in [1.82, 2.24) is 5.48 Å². The highest BCUT2D eigenvalue weighted by atomic mass is 35.5. The van der Waals surface area contributed by atoms with Crippen molar-refractivity contribution in [2.75, 3.05) is 18.1 Å². The van der Waals surface area contributed by atoms with Crippen LogP contribution in [-0.2, 0) is 14.4 Å². The van der Waals surface area contributed by atoms with Crippen LogP contribution in [-0.4, -0.2) is 36.4 Å². The maximum Gasteiger partial charge on any atom is 0.263 e. The van der Waals surface area contributed by atoms with Crippen LogP contribution in [0.15, 0.2) is 91.0 Å². The van der Waals surface area contributed by atoms with Gasteiger partial charge < -0.3 is 14.6 Å². The van der Waals surface area contributed by atoms with Crippen LogP contribution < -0.4 is 15.1 Å². The summed E-state index contributed by atoms with van der Waals surface area (Å²) in [6.45, 7) is 0.188. The zero-order valence-corrected chi connectivity index (χ0v) is 24.0. The van der Waals surface area contributed by atoms with Gasteiger partial charge in [0.2, 0.25) is 0 Å². The fraction of sp³-hybridized carbons (Fsp3) is 0.188. The number of anilines is 1. The number of hydrogen-bond acceptors (Lipinski definition) is 6. The molecule has 1 saturated heterocycles. The van der Waals surface area contributed by atoms with E-state index in [0.717, 1.165) is 18.4 Å². The van der Waals surface area contributed by atoms with Crippen LogP contribution in [0.3, 0.4) is 0 Å². The van der Waals surface area contributed by atoms with Gasteiger partial charge in [0.1, 0.15) is 18.0 Å². The number of amides is 2. The van der Waals surface area contributed by atoms with Crippen molar-refractivity contribution in [2.24, 2.45) is 0 Å².